The molecule has 1 rings (SSSR count). The van der Waals surface area contributed by atoms with Crippen LogP contribution in [0.2, 0.25) is 0 Å². The molecule has 0 bridgehead atoms. The van der Waals surface area contributed by atoms with Crippen LogP contribution in [0.4, 0.5) is 0 Å². The lowest BCUT2D eigenvalue weighted by atomic mass is 10.2. The number of benzene rings is 1. The van der Waals surface area contributed by atoms with Crippen molar-refractivity contribution in [1.29, 1.82) is 0 Å². The Balaban J connectivity index is 2.58. The molecule has 4 nitrogen and oxygen atoms in total. The summed E-state index contributed by atoms with van der Waals surface area (Å²) in [4.78, 5) is 22.0. The Bertz CT molecular complexity index is 384. The van der Waals surface area contributed by atoms with E-state index in [4.69, 9.17) is 9.47 Å². The van der Waals surface area contributed by atoms with Gasteiger partial charge in [0.1, 0.15) is 5.78 Å². The van der Waals surface area contributed by atoms with Crippen molar-refractivity contribution < 1.29 is 19.1 Å². The Morgan fingerprint density at radius 2 is 1.75 bits per heavy atom. The van der Waals surface area contributed by atoms with Crippen LogP contribution in [0.5, 0.6) is 11.5 Å². The van der Waals surface area contributed by atoms with Gasteiger partial charge >= 0.3 is 5.97 Å². The summed E-state index contributed by atoms with van der Waals surface area (Å²) in [5, 5.41) is 0. The zero-order valence-electron chi connectivity index (χ0n) is 9.36. The third-order valence-corrected chi connectivity index (χ3v) is 1.97. The molecule has 1 aromatic carbocycles. The minimum atomic E-state index is -0.431. The third-order valence-electron chi connectivity index (χ3n) is 1.97. The first kappa shape index (κ1) is 12.2. The molecule has 1 aromatic rings. The number of para-hydroxylation sites is 2. The molecular weight excluding hydrogens is 208 g/mol. The maximum absolute atomic E-state index is 11.4. The Labute approximate surface area is 94.2 Å². The van der Waals surface area contributed by atoms with E-state index in [-0.39, 0.29) is 18.6 Å². The summed E-state index contributed by atoms with van der Waals surface area (Å²) < 4.78 is 10.1. The van der Waals surface area contributed by atoms with Gasteiger partial charge in [0.25, 0.3) is 0 Å². The lowest BCUT2D eigenvalue weighted by Crippen LogP contribution is -2.10. The van der Waals surface area contributed by atoms with E-state index in [0.717, 1.165) is 0 Å². The number of methoxy groups -OCH3 is 1. The van der Waals surface area contributed by atoms with Gasteiger partial charge in [-0.15, -0.1) is 0 Å². The van der Waals surface area contributed by atoms with Gasteiger partial charge < -0.3 is 14.3 Å². The van der Waals surface area contributed by atoms with Crippen molar-refractivity contribution in [3.05, 3.63) is 24.3 Å². The van der Waals surface area contributed by atoms with Crippen molar-refractivity contribution in [2.24, 2.45) is 0 Å². The predicted molar refractivity (Wildman–Crippen MR) is 58.5 cm³/mol. The van der Waals surface area contributed by atoms with E-state index in [2.05, 4.69) is 0 Å². The molecule has 0 aliphatic heterocycles. The van der Waals surface area contributed by atoms with Crippen LogP contribution in [0, 0.1) is 0 Å². The van der Waals surface area contributed by atoms with Crippen LogP contribution >= 0.6 is 0 Å². The smallest absolute Gasteiger partial charge is 0.311 e. The van der Waals surface area contributed by atoms with Gasteiger partial charge in [0.2, 0.25) is 0 Å². The van der Waals surface area contributed by atoms with Crippen LogP contribution < -0.4 is 9.47 Å². The minimum Gasteiger partial charge on any atom is -0.493 e. The van der Waals surface area contributed by atoms with Crippen molar-refractivity contribution in [1.82, 2.24) is 0 Å². The Morgan fingerprint density at radius 1 is 1.12 bits per heavy atom. The fourth-order valence-electron chi connectivity index (χ4n) is 1.15. The Kier molecular flexibility index (Phi) is 4.51. The van der Waals surface area contributed by atoms with Crippen LogP contribution in [0.15, 0.2) is 24.3 Å². The zero-order chi connectivity index (χ0) is 12.0. The highest BCUT2D eigenvalue weighted by molar-refractivity contribution is 5.82. The van der Waals surface area contributed by atoms with Gasteiger partial charge in [-0.2, -0.15) is 0 Å². The van der Waals surface area contributed by atoms with E-state index in [1.54, 1.807) is 24.3 Å². The van der Waals surface area contributed by atoms with E-state index in [1.807, 2.05) is 0 Å². The summed E-state index contributed by atoms with van der Waals surface area (Å²) in [5.74, 6) is 0.411. The van der Waals surface area contributed by atoms with Crippen molar-refractivity contribution in [3.63, 3.8) is 0 Å². The molecule has 0 heterocycles. The topological polar surface area (TPSA) is 52.6 Å². The highest BCUT2D eigenvalue weighted by atomic mass is 16.6. The maximum Gasteiger partial charge on any atom is 0.311 e. The number of ketones is 1. The van der Waals surface area contributed by atoms with Crippen LogP contribution in [-0.2, 0) is 9.59 Å². The molecule has 0 spiro atoms. The molecule has 0 aliphatic carbocycles. The molecule has 0 N–H and O–H groups in total. The van der Waals surface area contributed by atoms with Crippen LogP contribution in [0.25, 0.3) is 0 Å². The first-order valence-electron chi connectivity index (χ1n) is 4.96. The number of carbonyl (C=O) groups is 2. The standard InChI is InChI=1S/C12H14O4/c1-9(13)7-8-12(14)16-11-6-4-3-5-10(11)15-2/h3-6H,7-8H2,1-2H3. The van der Waals surface area contributed by atoms with Gasteiger partial charge in [-0.1, -0.05) is 12.1 Å². The van der Waals surface area contributed by atoms with Crippen LogP contribution in [-0.4, -0.2) is 18.9 Å². The van der Waals surface area contributed by atoms with Crippen molar-refractivity contribution in [2.45, 2.75) is 19.8 Å². The number of hydrogen-bond donors (Lipinski definition) is 0. The number of hydrogen-bond acceptors (Lipinski definition) is 4. The summed E-state index contributed by atoms with van der Waals surface area (Å²) >= 11 is 0. The van der Waals surface area contributed by atoms with Gasteiger partial charge in [-0.3, -0.25) is 4.79 Å². The maximum atomic E-state index is 11.4. The number of carbonyl (C=O) groups excluding carboxylic acids is 2. The molecule has 0 saturated heterocycles. The van der Waals surface area contributed by atoms with Crippen molar-refractivity contribution in [2.75, 3.05) is 7.11 Å². The molecule has 16 heavy (non-hydrogen) atoms. The van der Waals surface area contributed by atoms with Gasteiger partial charge in [0.15, 0.2) is 11.5 Å². The van der Waals surface area contributed by atoms with Gasteiger partial charge in [0.05, 0.1) is 13.5 Å². The monoisotopic (exact) mass is 222 g/mol. The van der Waals surface area contributed by atoms with E-state index < -0.39 is 5.97 Å². The van der Waals surface area contributed by atoms with Crippen molar-refractivity contribution in [3.8, 4) is 11.5 Å². The van der Waals surface area contributed by atoms with E-state index in [1.165, 1.54) is 14.0 Å². The fraction of sp³-hybridized carbons (Fsp3) is 0.333. The van der Waals surface area contributed by atoms with Crippen LogP contribution in [0.3, 0.4) is 0 Å². The second-order valence-corrected chi connectivity index (χ2v) is 3.33. The largest absolute Gasteiger partial charge is 0.493 e. The summed E-state index contributed by atoms with van der Waals surface area (Å²) in [6.07, 6.45) is 0.293. The fourth-order valence-corrected chi connectivity index (χ4v) is 1.15. The summed E-state index contributed by atoms with van der Waals surface area (Å²) in [5.41, 5.74) is 0. The molecule has 0 aromatic heterocycles. The average molecular weight is 222 g/mol. The molecule has 0 amide bonds. The highest BCUT2D eigenvalue weighted by Crippen LogP contribution is 2.26. The molecule has 0 atom stereocenters. The lowest BCUT2D eigenvalue weighted by Gasteiger charge is -2.07. The average Bonchev–Trinajstić information content (AvgIpc) is 2.27. The first-order valence-corrected chi connectivity index (χ1v) is 4.96. The van der Waals surface area contributed by atoms with E-state index in [0.29, 0.717) is 11.5 Å². The number of ether oxygens (including phenoxy) is 2. The van der Waals surface area contributed by atoms with Crippen LogP contribution in [0.1, 0.15) is 19.8 Å². The van der Waals surface area contributed by atoms with Crippen molar-refractivity contribution >= 4 is 11.8 Å². The molecule has 86 valence electrons. The van der Waals surface area contributed by atoms with E-state index >= 15 is 0 Å². The second kappa shape index (κ2) is 5.90. The SMILES string of the molecule is COc1ccccc1OC(=O)CCC(C)=O. The second-order valence-electron chi connectivity index (χ2n) is 3.33. The first-order chi connectivity index (χ1) is 7.63. The molecule has 0 saturated carbocycles. The van der Waals surface area contributed by atoms with E-state index in [9.17, 15) is 9.59 Å². The molecule has 4 heteroatoms. The molecule has 0 unspecified atom stereocenters. The summed E-state index contributed by atoms with van der Waals surface area (Å²) in [7, 11) is 1.50. The molecule has 0 aliphatic rings. The van der Waals surface area contributed by atoms with Gasteiger partial charge in [0, 0.05) is 6.42 Å². The summed E-state index contributed by atoms with van der Waals surface area (Å²) in [6, 6.07) is 6.87. The normalized spacial score (nSPS) is 9.62. The van der Waals surface area contributed by atoms with Gasteiger partial charge in [-0.05, 0) is 19.1 Å². The predicted octanol–water partition coefficient (Wildman–Crippen LogP) is 1.97. The number of Topliss-reactive ketones (excluding diaryl/α,β-unsaturated/α-hetero) is 1. The lowest BCUT2D eigenvalue weighted by molar-refractivity contribution is -0.136. The molecule has 0 fully saturated rings. The molecular formula is C12H14O4. The van der Waals surface area contributed by atoms with Gasteiger partial charge in [-0.25, -0.2) is 0 Å². The minimum absolute atomic E-state index is 0.0306. The number of esters is 1. The molecule has 0 radical (unpaired) electrons. The Hall–Kier alpha value is -1.84. The highest BCUT2D eigenvalue weighted by Gasteiger charge is 2.09. The Morgan fingerprint density at radius 3 is 2.31 bits per heavy atom. The summed E-state index contributed by atoms with van der Waals surface area (Å²) in [6.45, 7) is 1.44. The number of rotatable bonds is 5. The zero-order valence-corrected chi connectivity index (χ0v) is 9.36. The quantitative estimate of drug-likeness (QED) is 0.564. The third kappa shape index (κ3) is 3.73.